The van der Waals surface area contributed by atoms with Crippen molar-refractivity contribution in [2.75, 3.05) is 0 Å². The van der Waals surface area contributed by atoms with Gasteiger partial charge in [-0.15, -0.1) is 0 Å². The highest BCUT2D eigenvalue weighted by Gasteiger charge is 2.08. The SMILES string of the molecule is N.[N-]=[N+]=Nc1cc2ncc(C(=O)O)cc2cc1F. The summed E-state index contributed by atoms with van der Waals surface area (Å²) >= 11 is 0. The van der Waals surface area contributed by atoms with Crippen molar-refractivity contribution in [3.63, 3.8) is 0 Å². The molecule has 7 nitrogen and oxygen atoms in total. The molecule has 0 amide bonds. The highest BCUT2D eigenvalue weighted by Crippen LogP contribution is 2.24. The number of hydrogen-bond acceptors (Lipinski definition) is 4. The van der Waals surface area contributed by atoms with Crippen LogP contribution in [0.5, 0.6) is 0 Å². The number of carboxylic acids is 1. The van der Waals surface area contributed by atoms with Crippen molar-refractivity contribution in [1.82, 2.24) is 11.1 Å². The standard InChI is InChI=1S/C10H5FN4O2.H3N/c11-7-2-5-1-6(10(16)17)4-13-8(5)3-9(7)14-15-12;/h1-4H,(H,16,17);1H3. The fourth-order valence-electron chi connectivity index (χ4n) is 1.38. The predicted octanol–water partition coefficient (Wildman–Crippen LogP) is 3.18. The second-order valence-corrected chi connectivity index (χ2v) is 3.21. The minimum atomic E-state index is -1.14. The van der Waals surface area contributed by atoms with E-state index in [-0.39, 0.29) is 17.4 Å². The van der Waals surface area contributed by atoms with E-state index >= 15 is 0 Å². The second-order valence-electron chi connectivity index (χ2n) is 3.21. The van der Waals surface area contributed by atoms with Crippen molar-refractivity contribution in [1.29, 1.82) is 0 Å². The molecule has 1 aromatic carbocycles. The Kier molecular flexibility index (Phi) is 3.78. The van der Waals surface area contributed by atoms with E-state index < -0.39 is 11.8 Å². The molecule has 1 aromatic heterocycles. The van der Waals surface area contributed by atoms with Crippen molar-refractivity contribution >= 4 is 22.6 Å². The number of rotatable bonds is 2. The third-order valence-corrected chi connectivity index (χ3v) is 2.15. The second kappa shape index (κ2) is 5.09. The largest absolute Gasteiger partial charge is 0.478 e. The van der Waals surface area contributed by atoms with Gasteiger partial charge in [-0.2, -0.15) is 0 Å². The van der Waals surface area contributed by atoms with E-state index in [4.69, 9.17) is 10.6 Å². The molecule has 0 aliphatic carbocycles. The van der Waals surface area contributed by atoms with Crippen LogP contribution in [0.25, 0.3) is 21.3 Å². The first kappa shape index (κ1) is 13.4. The molecule has 0 aliphatic heterocycles. The molecule has 0 unspecified atom stereocenters. The number of hydrogen-bond donors (Lipinski definition) is 2. The molecule has 4 N–H and O–H groups in total. The Morgan fingerprint density at radius 1 is 1.44 bits per heavy atom. The molecule has 2 aromatic rings. The van der Waals surface area contributed by atoms with E-state index in [9.17, 15) is 9.18 Å². The maximum atomic E-state index is 13.4. The van der Waals surface area contributed by atoms with Crippen LogP contribution in [0.4, 0.5) is 10.1 Å². The molecule has 2 rings (SSSR count). The average Bonchev–Trinajstić information content (AvgIpc) is 2.29. The van der Waals surface area contributed by atoms with Gasteiger partial charge in [0.05, 0.1) is 16.8 Å². The van der Waals surface area contributed by atoms with Gasteiger partial charge in [-0.25, -0.2) is 9.18 Å². The number of aromatic nitrogens is 1. The smallest absolute Gasteiger partial charge is 0.337 e. The summed E-state index contributed by atoms with van der Waals surface area (Å²) in [5.74, 6) is -1.86. The molecule has 8 heteroatoms. The van der Waals surface area contributed by atoms with Crippen LogP contribution in [-0.2, 0) is 0 Å². The summed E-state index contributed by atoms with van der Waals surface area (Å²) < 4.78 is 13.4. The third kappa shape index (κ3) is 2.34. The Morgan fingerprint density at radius 3 is 2.78 bits per heavy atom. The molecule has 0 aliphatic rings. The molecule has 0 saturated carbocycles. The maximum absolute atomic E-state index is 13.4. The van der Waals surface area contributed by atoms with Crippen LogP contribution in [0, 0.1) is 5.82 Å². The lowest BCUT2D eigenvalue weighted by molar-refractivity contribution is 0.0696. The van der Waals surface area contributed by atoms with Gasteiger partial charge >= 0.3 is 5.97 Å². The quantitative estimate of drug-likeness (QED) is 0.480. The van der Waals surface area contributed by atoms with E-state index in [0.717, 1.165) is 12.3 Å². The Balaban J connectivity index is 0.00000162. The van der Waals surface area contributed by atoms with Gasteiger partial charge in [0.25, 0.3) is 0 Å². The van der Waals surface area contributed by atoms with E-state index in [0.29, 0.717) is 10.9 Å². The van der Waals surface area contributed by atoms with Gasteiger partial charge < -0.3 is 11.3 Å². The minimum absolute atomic E-state index is 0. The van der Waals surface area contributed by atoms with Gasteiger partial charge in [-0.3, -0.25) is 4.98 Å². The van der Waals surface area contributed by atoms with E-state index in [1.807, 2.05) is 0 Å². The molecule has 0 saturated heterocycles. The van der Waals surface area contributed by atoms with E-state index in [2.05, 4.69) is 15.0 Å². The Labute approximate surface area is 100 Å². The number of carboxylic acid groups (broad SMARTS) is 1. The molecule has 0 atom stereocenters. The monoisotopic (exact) mass is 249 g/mol. The predicted molar refractivity (Wildman–Crippen MR) is 62.5 cm³/mol. The number of aromatic carboxylic acids is 1. The van der Waals surface area contributed by atoms with Crippen molar-refractivity contribution in [3.8, 4) is 0 Å². The first-order valence-corrected chi connectivity index (χ1v) is 4.49. The lowest BCUT2D eigenvalue weighted by Gasteiger charge is -2.01. The number of carbonyl (C=O) groups is 1. The Hall–Kier alpha value is -2.70. The molecule has 0 bridgehead atoms. The fraction of sp³-hybridized carbons (Fsp3) is 0. The first-order valence-electron chi connectivity index (χ1n) is 4.49. The van der Waals surface area contributed by atoms with Crippen molar-refractivity contribution in [2.45, 2.75) is 0 Å². The first-order chi connectivity index (χ1) is 8.11. The summed E-state index contributed by atoms with van der Waals surface area (Å²) in [4.78, 5) is 17.0. The molecule has 0 spiro atoms. The van der Waals surface area contributed by atoms with E-state index in [1.165, 1.54) is 12.1 Å². The number of halogens is 1. The van der Waals surface area contributed by atoms with E-state index in [1.54, 1.807) is 0 Å². The molecule has 1 heterocycles. The number of nitrogens with zero attached hydrogens (tertiary/aromatic N) is 4. The summed E-state index contributed by atoms with van der Waals surface area (Å²) in [5, 5.41) is 12.2. The average molecular weight is 249 g/mol. The van der Waals surface area contributed by atoms with Gasteiger partial charge in [0.15, 0.2) is 0 Å². The Bertz CT molecular complexity index is 667. The zero-order valence-electron chi connectivity index (χ0n) is 9.04. The van der Waals surface area contributed by atoms with Gasteiger partial charge in [-0.1, -0.05) is 5.11 Å². The zero-order chi connectivity index (χ0) is 12.4. The molecule has 92 valence electrons. The van der Waals surface area contributed by atoms with Gasteiger partial charge in [0.1, 0.15) is 5.82 Å². The summed E-state index contributed by atoms with van der Waals surface area (Å²) in [7, 11) is 0. The van der Waals surface area contributed by atoms with Crippen LogP contribution in [0.2, 0.25) is 0 Å². The highest BCUT2D eigenvalue weighted by molar-refractivity contribution is 5.93. The maximum Gasteiger partial charge on any atom is 0.337 e. The molecular weight excluding hydrogens is 241 g/mol. The van der Waals surface area contributed by atoms with Gasteiger partial charge in [-0.05, 0) is 23.7 Å². The lowest BCUT2D eigenvalue weighted by atomic mass is 10.1. The molecular formula is C10H8FN5O2. The summed E-state index contributed by atoms with van der Waals surface area (Å²) in [5.41, 5.74) is 8.38. The number of benzene rings is 1. The molecule has 0 radical (unpaired) electrons. The van der Waals surface area contributed by atoms with Crippen molar-refractivity contribution in [2.24, 2.45) is 5.11 Å². The zero-order valence-corrected chi connectivity index (χ0v) is 9.04. The normalized spacial score (nSPS) is 9.39. The Morgan fingerprint density at radius 2 is 2.17 bits per heavy atom. The van der Waals surface area contributed by atoms with Gasteiger partial charge in [0.2, 0.25) is 0 Å². The fourth-order valence-corrected chi connectivity index (χ4v) is 1.38. The summed E-state index contributed by atoms with van der Waals surface area (Å²) in [6, 6.07) is 3.64. The van der Waals surface area contributed by atoms with Crippen LogP contribution in [0.15, 0.2) is 29.5 Å². The topological polar surface area (TPSA) is 134 Å². The highest BCUT2D eigenvalue weighted by atomic mass is 19.1. The van der Waals surface area contributed by atoms with Crippen LogP contribution < -0.4 is 6.15 Å². The number of azide groups is 1. The van der Waals surface area contributed by atoms with Gasteiger partial charge in [0, 0.05) is 16.5 Å². The van der Waals surface area contributed by atoms with Crippen LogP contribution >= 0.6 is 0 Å². The van der Waals surface area contributed by atoms with Crippen molar-refractivity contribution < 1.29 is 14.3 Å². The third-order valence-electron chi connectivity index (χ3n) is 2.15. The van der Waals surface area contributed by atoms with Crippen molar-refractivity contribution in [3.05, 3.63) is 46.2 Å². The number of fused-ring (bicyclic) bond motifs is 1. The molecule has 0 fully saturated rings. The summed E-state index contributed by atoms with van der Waals surface area (Å²) in [6.45, 7) is 0. The van der Waals surface area contributed by atoms with Crippen LogP contribution in [0.3, 0.4) is 0 Å². The van der Waals surface area contributed by atoms with Crippen LogP contribution in [-0.4, -0.2) is 16.1 Å². The lowest BCUT2D eigenvalue weighted by Crippen LogP contribution is -1.97. The molecule has 18 heavy (non-hydrogen) atoms. The number of pyridine rings is 1. The van der Waals surface area contributed by atoms with Crippen LogP contribution in [0.1, 0.15) is 10.4 Å². The minimum Gasteiger partial charge on any atom is -0.478 e. The summed E-state index contributed by atoms with van der Waals surface area (Å²) in [6.07, 6.45) is 1.16.